The van der Waals surface area contributed by atoms with Gasteiger partial charge in [0.25, 0.3) is 0 Å². The highest BCUT2D eigenvalue weighted by Gasteiger charge is 2.13. The summed E-state index contributed by atoms with van der Waals surface area (Å²) in [4.78, 5) is 3.29. The third-order valence-electron chi connectivity index (χ3n) is 3.56. The van der Waals surface area contributed by atoms with Crippen LogP contribution >= 0.6 is 28.1 Å². The van der Waals surface area contributed by atoms with Gasteiger partial charge in [-0.15, -0.1) is 0 Å². The minimum atomic E-state index is 0.433. The Hall–Kier alpha value is -0.610. The minimum absolute atomic E-state index is 0.433. The van der Waals surface area contributed by atoms with Gasteiger partial charge >= 0.3 is 0 Å². The number of fused-ring (bicyclic) bond motifs is 1. The molecule has 2 rings (SSSR count). The first-order valence-electron chi connectivity index (χ1n) is 6.42. The fraction of sp³-hybridized carbons (Fsp3) is 0.500. The van der Waals surface area contributed by atoms with E-state index in [1.54, 1.807) is 0 Å². The standard InChI is InChI=1S/C14H19BrN2S/c1-4-9(2)7-10(3)17-13-6-5-11(15)8-12(13)16-14(17)18/h5-6,8-10H,4,7H2,1-3H3,(H,16,18). The maximum atomic E-state index is 5.45. The molecule has 98 valence electrons. The van der Waals surface area contributed by atoms with Crippen molar-refractivity contribution >= 4 is 39.2 Å². The number of H-pyrrole nitrogens is 1. The maximum absolute atomic E-state index is 5.45. The minimum Gasteiger partial charge on any atom is -0.331 e. The van der Waals surface area contributed by atoms with Gasteiger partial charge in [-0.1, -0.05) is 36.2 Å². The van der Waals surface area contributed by atoms with Gasteiger partial charge in [-0.25, -0.2) is 0 Å². The van der Waals surface area contributed by atoms with Crippen LogP contribution in [0.2, 0.25) is 0 Å². The van der Waals surface area contributed by atoms with E-state index in [1.807, 2.05) is 0 Å². The SMILES string of the molecule is CCC(C)CC(C)n1c(=S)[nH]c2cc(Br)ccc21. The zero-order chi connectivity index (χ0) is 13.3. The molecule has 0 bridgehead atoms. The van der Waals surface area contributed by atoms with Crippen LogP contribution in [0.25, 0.3) is 11.0 Å². The Morgan fingerprint density at radius 3 is 2.78 bits per heavy atom. The van der Waals surface area contributed by atoms with E-state index >= 15 is 0 Å². The first kappa shape index (κ1) is 13.8. The molecular formula is C14H19BrN2S. The van der Waals surface area contributed by atoms with Crippen LogP contribution in [0.3, 0.4) is 0 Å². The van der Waals surface area contributed by atoms with E-state index in [0.29, 0.717) is 6.04 Å². The Kier molecular flexibility index (Phi) is 4.28. The number of nitrogens with zero attached hydrogens (tertiary/aromatic N) is 1. The van der Waals surface area contributed by atoms with Gasteiger partial charge in [-0.3, -0.25) is 0 Å². The van der Waals surface area contributed by atoms with Crippen LogP contribution in [-0.2, 0) is 0 Å². The van der Waals surface area contributed by atoms with Crippen LogP contribution in [0.5, 0.6) is 0 Å². The molecule has 0 aliphatic rings. The van der Waals surface area contributed by atoms with Gasteiger partial charge in [0.1, 0.15) is 0 Å². The average molecular weight is 327 g/mol. The predicted octanol–water partition coefficient (Wildman–Crippen LogP) is 5.46. The zero-order valence-corrected chi connectivity index (χ0v) is 13.4. The molecule has 0 spiro atoms. The van der Waals surface area contributed by atoms with Crippen molar-refractivity contribution in [3.8, 4) is 0 Å². The molecule has 1 heterocycles. The molecule has 2 nitrogen and oxygen atoms in total. The van der Waals surface area contributed by atoms with Crippen molar-refractivity contribution in [2.24, 2.45) is 5.92 Å². The highest BCUT2D eigenvalue weighted by molar-refractivity contribution is 9.10. The van der Waals surface area contributed by atoms with Crippen molar-refractivity contribution in [2.75, 3.05) is 0 Å². The van der Waals surface area contributed by atoms with Gasteiger partial charge in [0.2, 0.25) is 0 Å². The van der Waals surface area contributed by atoms with Crippen molar-refractivity contribution in [3.05, 3.63) is 27.4 Å². The Bertz CT molecular complexity index is 599. The van der Waals surface area contributed by atoms with Gasteiger partial charge in [0, 0.05) is 10.5 Å². The summed E-state index contributed by atoms with van der Waals surface area (Å²) in [5, 5.41) is 0. The number of imidazole rings is 1. The second kappa shape index (κ2) is 5.57. The Labute approximate surface area is 122 Å². The predicted molar refractivity (Wildman–Crippen MR) is 83.6 cm³/mol. The second-order valence-corrected chi connectivity index (χ2v) is 6.36. The average Bonchev–Trinajstić information content (AvgIpc) is 2.63. The summed E-state index contributed by atoms with van der Waals surface area (Å²) in [5.74, 6) is 0.724. The van der Waals surface area contributed by atoms with Crippen LogP contribution in [0.15, 0.2) is 22.7 Å². The highest BCUT2D eigenvalue weighted by Crippen LogP contribution is 2.26. The summed E-state index contributed by atoms with van der Waals surface area (Å²) in [7, 11) is 0. The lowest BCUT2D eigenvalue weighted by molar-refractivity contribution is 0.402. The molecule has 1 aromatic heterocycles. The molecule has 0 fully saturated rings. The molecule has 4 heteroatoms. The van der Waals surface area contributed by atoms with Gasteiger partial charge in [0.15, 0.2) is 4.77 Å². The molecule has 2 aromatic rings. The van der Waals surface area contributed by atoms with Crippen LogP contribution in [0.4, 0.5) is 0 Å². The molecule has 18 heavy (non-hydrogen) atoms. The van der Waals surface area contributed by atoms with E-state index in [-0.39, 0.29) is 0 Å². The number of benzene rings is 1. The van der Waals surface area contributed by atoms with Gasteiger partial charge in [0.05, 0.1) is 11.0 Å². The number of hydrogen-bond acceptors (Lipinski definition) is 1. The number of halogens is 1. The zero-order valence-electron chi connectivity index (χ0n) is 11.0. The van der Waals surface area contributed by atoms with Gasteiger partial charge in [-0.05, 0) is 49.7 Å². The van der Waals surface area contributed by atoms with Crippen molar-refractivity contribution in [1.29, 1.82) is 0 Å². The summed E-state index contributed by atoms with van der Waals surface area (Å²) in [5.41, 5.74) is 2.30. The van der Waals surface area contributed by atoms with E-state index in [0.717, 1.165) is 27.1 Å². The molecule has 1 N–H and O–H groups in total. The number of hydrogen-bond donors (Lipinski definition) is 1. The smallest absolute Gasteiger partial charge is 0.178 e. The topological polar surface area (TPSA) is 20.7 Å². The monoisotopic (exact) mass is 326 g/mol. The third kappa shape index (κ3) is 2.69. The molecule has 0 aliphatic heterocycles. The number of aromatic nitrogens is 2. The molecular weight excluding hydrogens is 308 g/mol. The normalized spacial score (nSPS) is 14.9. The molecule has 0 saturated carbocycles. The molecule has 2 unspecified atom stereocenters. The largest absolute Gasteiger partial charge is 0.331 e. The van der Waals surface area contributed by atoms with E-state index < -0.39 is 0 Å². The lowest BCUT2D eigenvalue weighted by Gasteiger charge is -2.18. The molecule has 2 atom stereocenters. The van der Waals surface area contributed by atoms with E-state index in [9.17, 15) is 0 Å². The summed E-state index contributed by atoms with van der Waals surface area (Å²) in [6, 6.07) is 6.70. The van der Waals surface area contributed by atoms with Gasteiger partial charge in [-0.2, -0.15) is 0 Å². The van der Waals surface area contributed by atoms with Crippen LogP contribution in [-0.4, -0.2) is 9.55 Å². The Balaban J connectivity index is 2.44. The Morgan fingerprint density at radius 1 is 1.39 bits per heavy atom. The number of rotatable bonds is 4. The Morgan fingerprint density at radius 2 is 2.11 bits per heavy atom. The van der Waals surface area contributed by atoms with Crippen LogP contribution in [0.1, 0.15) is 39.7 Å². The molecule has 0 amide bonds. The highest BCUT2D eigenvalue weighted by atomic mass is 79.9. The number of nitrogens with one attached hydrogen (secondary N) is 1. The van der Waals surface area contributed by atoms with E-state index in [4.69, 9.17) is 12.2 Å². The molecule has 1 aromatic carbocycles. The van der Waals surface area contributed by atoms with Crippen molar-refractivity contribution in [2.45, 2.75) is 39.7 Å². The van der Waals surface area contributed by atoms with Crippen molar-refractivity contribution in [1.82, 2.24) is 9.55 Å². The number of aromatic amines is 1. The van der Waals surface area contributed by atoms with Crippen molar-refractivity contribution < 1.29 is 0 Å². The van der Waals surface area contributed by atoms with Crippen LogP contribution in [0, 0.1) is 10.7 Å². The van der Waals surface area contributed by atoms with E-state index in [1.165, 1.54) is 11.9 Å². The maximum Gasteiger partial charge on any atom is 0.178 e. The third-order valence-corrected chi connectivity index (χ3v) is 4.35. The van der Waals surface area contributed by atoms with Gasteiger partial charge < -0.3 is 9.55 Å². The molecule has 0 aliphatic carbocycles. The second-order valence-electron chi connectivity index (χ2n) is 5.06. The summed E-state index contributed by atoms with van der Waals surface area (Å²) >= 11 is 8.95. The fourth-order valence-electron chi connectivity index (χ4n) is 2.40. The quantitative estimate of drug-likeness (QED) is 0.740. The first-order chi connectivity index (χ1) is 8.52. The van der Waals surface area contributed by atoms with Crippen molar-refractivity contribution in [3.63, 3.8) is 0 Å². The van der Waals surface area contributed by atoms with Crippen LogP contribution < -0.4 is 0 Å². The molecule has 0 saturated heterocycles. The summed E-state index contributed by atoms with van der Waals surface area (Å²) in [6.45, 7) is 6.78. The fourth-order valence-corrected chi connectivity index (χ4v) is 3.14. The summed E-state index contributed by atoms with van der Waals surface area (Å²) in [6.07, 6.45) is 2.37. The lowest BCUT2D eigenvalue weighted by Crippen LogP contribution is -2.09. The lowest BCUT2D eigenvalue weighted by atomic mass is 10.0. The first-order valence-corrected chi connectivity index (χ1v) is 7.62. The summed E-state index contributed by atoms with van der Waals surface area (Å²) < 4.78 is 4.13. The molecule has 0 radical (unpaired) electrons. The van der Waals surface area contributed by atoms with E-state index in [2.05, 4.69) is 64.5 Å².